The van der Waals surface area contributed by atoms with Crippen LogP contribution in [0.4, 0.5) is 5.69 Å². The molecule has 0 unspecified atom stereocenters. The maximum atomic E-state index is 11.7. The Labute approximate surface area is 124 Å². The van der Waals surface area contributed by atoms with Gasteiger partial charge in [-0.25, -0.2) is 18.4 Å². The lowest BCUT2D eigenvalue weighted by Crippen LogP contribution is -2.16. The van der Waals surface area contributed by atoms with Crippen LogP contribution in [0.5, 0.6) is 11.8 Å². The second-order valence-corrected chi connectivity index (χ2v) is 6.29. The van der Waals surface area contributed by atoms with E-state index < -0.39 is 10.0 Å². The minimum absolute atomic E-state index is 0.0891. The van der Waals surface area contributed by atoms with Crippen molar-refractivity contribution < 1.29 is 13.2 Å². The van der Waals surface area contributed by atoms with Crippen molar-refractivity contribution in [3.63, 3.8) is 0 Å². The summed E-state index contributed by atoms with van der Waals surface area (Å²) in [5, 5.41) is 0. The Kier molecular flexibility index (Phi) is 5.10. The highest BCUT2D eigenvalue weighted by molar-refractivity contribution is 7.92. The average Bonchev–Trinajstić information content (AvgIpc) is 2.48. The molecule has 0 radical (unpaired) electrons. The van der Waals surface area contributed by atoms with Gasteiger partial charge in [0, 0.05) is 0 Å². The van der Waals surface area contributed by atoms with E-state index in [0.717, 1.165) is 6.42 Å². The third-order valence-corrected chi connectivity index (χ3v) is 3.99. The first-order valence-electron chi connectivity index (χ1n) is 6.64. The summed E-state index contributed by atoms with van der Waals surface area (Å²) < 4.78 is 31.3. The number of sulfonamides is 1. The average molecular weight is 307 g/mol. The molecule has 0 fully saturated rings. The molecule has 0 bridgehead atoms. The van der Waals surface area contributed by atoms with Gasteiger partial charge in [-0.05, 0) is 18.6 Å². The van der Waals surface area contributed by atoms with Crippen molar-refractivity contribution in [2.75, 3.05) is 10.5 Å². The normalized spacial score (nSPS) is 11.1. The molecule has 21 heavy (non-hydrogen) atoms. The number of nitrogens with zero attached hydrogens (tertiary/aromatic N) is 2. The molecule has 6 nitrogen and oxygen atoms in total. The Morgan fingerprint density at radius 3 is 2.43 bits per heavy atom. The zero-order valence-corrected chi connectivity index (χ0v) is 12.5. The number of rotatable bonds is 7. The molecule has 0 aliphatic carbocycles. The van der Waals surface area contributed by atoms with Crippen LogP contribution in [-0.4, -0.2) is 24.1 Å². The molecule has 1 N–H and O–H groups in total. The Morgan fingerprint density at radius 2 is 1.81 bits per heavy atom. The minimum Gasteiger partial charge on any atom is -0.424 e. The van der Waals surface area contributed by atoms with E-state index in [0.29, 0.717) is 17.9 Å². The molecule has 0 saturated carbocycles. The van der Waals surface area contributed by atoms with Crippen LogP contribution in [0.15, 0.2) is 42.7 Å². The van der Waals surface area contributed by atoms with Crippen LogP contribution in [0, 0.1) is 0 Å². The highest BCUT2D eigenvalue weighted by Crippen LogP contribution is 2.17. The van der Waals surface area contributed by atoms with Gasteiger partial charge in [-0.3, -0.25) is 4.72 Å². The van der Waals surface area contributed by atoms with Crippen molar-refractivity contribution in [1.82, 2.24) is 9.97 Å². The Balaban J connectivity index is 1.99. The summed E-state index contributed by atoms with van der Waals surface area (Å²) in [6.07, 6.45) is 4.20. The van der Waals surface area contributed by atoms with Gasteiger partial charge in [-0.2, -0.15) is 0 Å². The van der Waals surface area contributed by atoms with E-state index in [9.17, 15) is 8.42 Å². The summed E-state index contributed by atoms with van der Waals surface area (Å²) in [7, 11) is -3.34. The number of unbranched alkanes of at least 4 members (excludes halogenated alkanes) is 1. The van der Waals surface area contributed by atoms with Crippen LogP contribution < -0.4 is 9.46 Å². The summed E-state index contributed by atoms with van der Waals surface area (Å²) in [6, 6.07) is 9.28. The van der Waals surface area contributed by atoms with Crippen molar-refractivity contribution in [2.24, 2.45) is 0 Å². The molecule has 7 heteroatoms. The van der Waals surface area contributed by atoms with Gasteiger partial charge >= 0.3 is 6.01 Å². The predicted molar refractivity (Wildman–Crippen MR) is 80.9 cm³/mol. The zero-order chi connectivity index (χ0) is 15.1. The highest BCUT2D eigenvalue weighted by atomic mass is 32.2. The lowest BCUT2D eigenvalue weighted by atomic mass is 10.3. The molecule has 1 aromatic carbocycles. The summed E-state index contributed by atoms with van der Waals surface area (Å²) in [5.74, 6) is 0.708. The zero-order valence-electron chi connectivity index (χ0n) is 11.7. The van der Waals surface area contributed by atoms with E-state index in [-0.39, 0.29) is 11.8 Å². The van der Waals surface area contributed by atoms with E-state index in [1.165, 1.54) is 12.4 Å². The number of aromatic nitrogens is 2. The summed E-state index contributed by atoms with van der Waals surface area (Å²) in [6.45, 7) is 1.94. The minimum atomic E-state index is -3.34. The fourth-order valence-electron chi connectivity index (χ4n) is 1.58. The molecule has 112 valence electrons. The first kappa shape index (κ1) is 15.2. The Bertz CT molecular complexity index is 658. The number of ether oxygens (including phenoxy) is 1. The molecule has 1 heterocycles. The largest absolute Gasteiger partial charge is 0.424 e. The smallest absolute Gasteiger partial charge is 0.322 e. The second-order valence-electron chi connectivity index (χ2n) is 4.44. The summed E-state index contributed by atoms with van der Waals surface area (Å²) in [5.41, 5.74) is 0.325. The second kappa shape index (κ2) is 7.03. The van der Waals surface area contributed by atoms with Gasteiger partial charge in [-0.15, -0.1) is 0 Å². The first-order chi connectivity index (χ1) is 10.1. The third kappa shape index (κ3) is 5.03. The number of para-hydroxylation sites is 1. The Morgan fingerprint density at radius 1 is 1.14 bits per heavy atom. The van der Waals surface area contributed by atoms with Crippen molar-refractivity contribution in [3.05, 3.63) is 42.7 Å². The monoisotopic (exact) mass is 307 g/mol. The van der Waals surface area contributed by atoms with Gasteiger partial charge < -0.3 is 4.74 Å². The highest BCUT2D eigenvalue weighted by Gasteiger charge is 2.10. The van der Waals surface area contributed by atoms with Crippen LogP contribution in [0.25, 0.3) is 0 Å². The number of hydrogen-bond donors (Lipinski definition) is 1. The van der Waals surface area contributed by atoms with Gasteiger partial charge in [-0.1, -0.05) is 31.5 Å². The van der Waals surface area contributed by atoms with E-state index in [2.05, 4.69) is 14.7 Å². The topological polar surface area (TPSA) is 81.2 Å². The molecule has 0 atom stereocenters. The van der Waals surface area contributed by atoms with Crippen LogP contribution in [0.2, 0.25) is 0 Å². The molecular weight excluding hydrogens is 290 g/mol. The van der Waals surface area contributed by atoms with Gasteiger partial charge in [0.25, 0.3) is 0 Å². The van der Waals surface area contributed by atoms with Gasteiger partial charge in [0.2, 0.25) is 10.0 Å². The number of hydrogen-bond acceptors (Lipinski definition) is 5. The van der Waals surface area contributed by atoms with Gasteiger partial charge in [0.15, 0.2) is 0 Å². The molecule has 2 rings (SSSR count). The van der Waals surface area contributed by atoms with Crippen molar-refractivity contribution >= 4 is 15.7 Å². The number of anilines is 1. The fourth-order valence-corrected chi connectivity index (χ4v) is 2.82. The molecule has 0 saturated heterocycles. The van der Waals surface area contributed by atoms with E-state index in [4.69, 9.17) is 4.74 Å². The number of nitrogens with one attached hydrogen (secondary N) is 1. The van der Waals surface area contributed by atoms with Crippen molar-refractivity contribution in [3.8, 4) is 11.8 Å². The SMILES string of the molecule is CCCCS(=O)(=O)Nc1cnc(Oc2ccccc2)nc1. The lowest BCUT2D eigenvalue weighted by Gasteiger charge is -2.07. The quantitative estimate of drug-likeness (QED) is 0.850. The lowest BCUT2D eigenvalue weighted by molar-refractivity contribution is 0.442. The van der Waals surface area contributed by atoms with E-state index in [1.807, 2.05) is 25.1 Å². The summed E-state index contributed by atoms with van der Waals surface area (Å²) >= 11 is 0. The molecule has 0 amide bonds. The van der Waals surface area contributed by atoms with Crippen LogP contribution in [0.1, 0.15) is 19.8 Å². The van der Waals surface area contributed by atoms with Crippen LogP contribution >= 0.6 is 0 Å². The van der Waals surface area contributed by atoms with E-state index >= 15 is 0 Å². The van der Waals surface area contributed by atoms with Crippen molar-refractivity contribution in [1.29, 1.82) is 0 Å². The molecular formula is C14H17N3O3S. The maximum absolute atomic E-state index is 11.7. The van der Waals surface area contributed by atoms with Crippen LogP contribution in [-0.2, 0) is 10.0 Å². The predicted octanol–water partition coefficient (Wildman–Crippen LogP) is 2.81. The maximum Gasteiger partial charge on any atom is 0.322 e. The standard InChI is InChI=1S/C14H17N3O3S/c1-2-3-9-21(18,19)17-12-10-15-14(16-11-12)20-13-7-5-4-6-8-13/h4-8,10-11,17H,2-3,9H2,1H3. The first-order valence-corrected chi connectivity index (χ1v) is 8.30. The summed E-state index contributed by atoms with van der Waals surface area (Å²) in [4.78, 5) is 7.96. The molecule has 0 spiro atoms. The van der Waals surface area contributed by atoms with Crippen molar-refractivity contribution in [2.45, 2.75) is 19.8 Å². The third-order valence-electron chi connectivity index (χ3n) is 2.62. The molecule has 2 aromatic rings. The number of benzene rings is 1. The Hall–Kier alpha value is -2.15. The van der Waals surface area contributed by atoms with Gasteiger partial charge in [0.05, 0.1) is 23.8 Å². The van der Waals surface area contributed by atoms with E-state index in [1.54, 1.807) is 12.1 Å². The molecule has 0 aliphatic heterocycles. The van der Waals surface area contributed by atoms with Gasteiger partial charge in [0.1, 0.15) is 5.75 Å². The van der Waals surface area contributed by atoms with Crippen LogP contribution in [0.3, 0.4) is 0 Å². The fraction of sp³-hybridized carbons (Fsp3) is 0.286. The molecule has 0 aliphatic rings. The molecule has 1 aromatic heterocycles.